The molecule has 2 N–H and O–H groups in total. The fraction of sp³-hybridized carbons (Fsp3) is 0.500. The molecule has 0 aliphatic carbocycles. The van der Waals surface area contributed by atoms with E-state index in [0.717, 1.165) is 67.1 Å². The van der Waals surface area contributed by atoms with Gasteiger partial charge in [0.25, 0.3) is 5.56 Å². The van der Waals surface area contributed by atoms with Crippen LogP contribution in [0.25, 0.3) is 5.57 Å². The predicted octanol–water partition coefficient (Wildman–Crippen LogP) is 3.49. The maximum atomic E-state index is 13.5. The maximum Gasteiger partial charge on any atom is 0.256 e. The lowest BCUT2D eigenvalue weighted by Gasteiger charge is -2.33. The van der Waals surface area contributed by atoms with E-state index in [1.165, 1.54) is 12.1 Å². The molecule has 0 unspecified atom stereocenters. The summed E-state index contributed by atoms with van der Waals surface area (Å²) < 4.78 is 15.3. The van der Waals surface area contributed by atoms with Crippen LogP contribution < -0.4 is 16.3 Å². The highest BCUT2D eigenvalue weighted by Gasteiger charge is 2.24. The van der Waals surface area contributed by atoms with Gasteiger partial charge in [-0.25, -0.2) is 9.37 Å². The molecule has 7 heteroatoms. The van der Waals surface area contributed by atoms with Crippen LogP contribution in [0.15, 0.2) is 29.6 Å². The summed E-state index contributed by atoms with van der Waals surface area (Å²) in [5.74, 6) is 6.40. The van der Waals surface area contributed by atoms with Crippen LogP contribution in [0.5, 0.6) is 5.75 Å². The molecule has 31 heavy (non-hydrogen) atoms. The molecule has 0 saturated carbocycles. The normalized spacial score (nSPS) is 15.3. The van der Waals surface area contributed by atoms with E-state index in [1.807, 2.05) is 20.8 Å². The molecule has 1 aliphatic rings. The highest BCUT2D eigenvalue weighted by molar-refractivity contribution is 5.70. The fourth-order valence-corrected chi connectivity index (χ4v) is 4.49. The van der Waals surface area contributed by atoms with Crippen molar-refractivity contribution >= 4 is 5.57 Å². The Balaban J connectivity index is 1.61. The Kier molecular flexibility index (Phi) is 7.62. The number of aryl methyl sites for hydroxylation is 2. The standard InChI is InChI=1S/C24H33FN4O2/c1-5-23-27-17(4)21(24(30)29(23)6-2)11-14-28-12-9-18(10-13-28)16(3)20-8-7-19(25)15-22(20)31-26/h7-8,15,18H,3,5-6,9-14,26H2,1-2,4H3. The zero-order chi connectivity index (χ0) is 22.5. The quantitative estimate of drug-likeness (QED) is 0.652. The highest BCUT2D eigenvalue weighted by atomic mass is 19.1. The average molecular weight is 429 g/mol. The van der Waals surface area contributed by atoms with Gasteiger partial charge in [-0.05, 0) is 69.8 Å². The Morgan fingerprint density at radius 3 is 2.65 bits per heavy atom. The Morgan fingerprint density at radius 1 is 1.32 bits per heavy atom. The maximum absolute atomic E-state index is 13.5. The number of hydrogen-bond acceptors (Lipinski definition) is 5. The van der Waals surface area contributed by atoms with Gasteiger partial charge in [0.05, 0.1) is 0 Å². The van der Waals surface area contributed by atoms with Gasteiger partial charge in [-0.3, -0.25) is 9.36 Å². The van der Waals surface area contributed by atoms with Crippen LogP contribution in [-0.4, -0.2) is 34.1 Å². The molecule has 6 nitrogen and oxygen atoms in total. The third-order valence-electron chi connectivity index (χ3n) is 6.36. The molecule has 0 atom stereocenters. The molecule has 168 valence electrons. The largest absolute Gasteiger partial charge is 0.411 e. The van der Waals surface area contributed by atoms with Gasteiger partial charge in [0.15, 0.2) is 5.75 Å². The van der Waals surface area contributed by atoms with E-state index in [9.17, 15) is 9.18 Å². The van der Waals surface area contributed by atoms with Crippen LogP contribution in [0, 0.1) is 18.7 Å². The number of aromatic nitrogens is 2. The molecule has 0 bridgehead atoms. The predicted molar refractivity (Wildman–Crippen MR) is 121 cm³/mol. The number of rotatable bonds is 8. The van der Waals surface area contributed by atoms with E-state index in [0.29, 0.717) is 24.6 Å². The summed E-state index contributed by atoms with van der Waals surface area (Å²) in [5.41, 5.74) is 3.46. The second-order valence-corrected chi connectivity index (χ2v) is 8.14. The van der Waals surface area contributed by atoms with Crippen molar-refractivity contribution in [2.45, 2.75) is 53.0 Å². The molecule has 1 saturated heterocycles. The van der Waals surface area contributed by atoms with Crippen molar-refractivity contribution in [2.24, 2.45) is 11.8 Å². The van der Waals surface area contributed by atoms with Gasteiger partial charge >= 0.3 is 0 Å². The smallest absolute Gasteiger partial charge is 0.256 e. The number of hydrogen-bond donors (Lipinski definition) is 1. The zero-order valence-electron chi connectivity index (χ0n) is 18.8. The van der Waals surface area contributed by atoms with Crippen LogP contribution >= 0.6 is 0 Å². The van der Waals surface area contributed by atoms with Crippen molar-refractivity contribution in [3.8, 4) is 5.75 Å². The van der Waals surface area contributed by atoms with Crippen LogP contribution in [-0.2, 0) is 19.4 Å². The number of nitrogens with zero attached hydrogens (tertiary/aromatic N) is 3. The topological polar surface area (TPSA) is 73.4 Å². The van der Waals surface area contributed by atoms with Crippen molar-refractivity contribution in [1.82, 2.24) is 14.5 Å². The molecule has 1 aromatic heterocycles. The third kappa shape index (κ3) is 5.05. The minimum absolute atomic E-state index is 0.0979. The van der Waals surface area contributed by atoms with Gasteiger partial charge in [-0.1, -0.05) is 13.5 Å². The molecule has 2 aromatic rings. The van der Waals surface area contributed by atoms with Gasteiger partial charge in [0.1, 0.15) is 11.6 Å². The van der Waals surface area contributed by atoms with Crippen LogP contribution in [0.3, 0.4) is 0 Å². The molecular formula is C24H33FN4O2. The minimum atomic E-state index is -0.384. The van der Waals surface area contributed by atoms with E-state index in [-0.39, 0.29) is 11.4 Å². The first-order chi connectivity index (χ1) is 14.9. The second kappa shape index (κ2) is 10.2. The summed E-state index contributed by atoms with van der Waals surface area (Å²) in [6, 6.07) is 4.38. The molecule has 0 radical (unpaired) electrons. The summed E-state index contributed by atoms with van der Waals surface area (Å²) >= 11 is 0. The number of benzene rings is 1. The Bertz CT molecular complexity index is 994. The molecular weight excluding hydrogens is 395 g/mol. The van der Waals surface area contributed by atoms with Crippen molar-refractivity contribution < 1.29 is 9.23 Å². The van der Waals surface area contributed by atoms with Crippen molar-refractivity contribution in [2.75, 3.05) is 19.6 Å². The van der Waals surface area contributed by atoms with Crippen molar-refractivity contribution in [3.05, 3.63) is 63.6 Å². The van der Waals surface area contributed by atoms with E-state index in [1.54, 1.807) is 10.6 Å². The summed E-state index contributed by atoms with van der Waals surface area (Å²) in [6.07, 6.45) is 3.36. The van der Waals surface area contributed by atoms with Crippen molar-refractivity contribution in [3.63, 3.8) is 0 Å². The second-order valence-electron chi connectivity index (χ2n) is 8.14. The Morgan fingerprint density at radius 2 is 2.03 bits per heavy atom. The molecule has 3 rings (SSSR count). The average Bonchev–Trinajstić information content (AvgIpc) is 2.78. The zero-order valence-corrected chi connectivity index (χ0v) is 18.8. The summed E-state index contributed by atoms with van der Waals surface area (Å²) in [6.45, 7) is 13.5. The third-order valence-corrected chi connectivity index (χ3v) is 6.36. The Hall–Kier alpha value is -2.51. The van der Waals surface area contributed by atoms with Gasteiger partial charge in [-0.2, -0.15) is 5.90 Å². The SMILES string of the molecule is C=C(c1ccc(F)cc1ON)C1CCN(CCc2c(C)nc(CC)n(CC)c2=O)CC1. The number of likely N-dealkylation sites (tertiary alicyclic amines) is 1. The van der Waals surface area contributed by atoms with E-state index in [4.69, 9.17) is 10.7 Å². The van der Waals surface area contributed by atoms with Crippen LogP contribution in [0.2, 0.25) is 0 Å². The number of halogens is 1. The summed E-state index contributed by atoms with van der Waals surface area (Å²) in [4.78, 5) is 24.8. The molecule has 1 aliphatic heterocycles. The molecule has 0 spiro atoms. The van der Waals surface area contributed by atoms with Gasteiger partial charge < -0.3 is 9.74 Å². The first-order valence-electron chi connectivity index (χ1n) is 11.1. The lowest BCUT2D eigenvalue weighted by Crippen LogP contribution is -2.37. The first-order valence-corrected chi connectivity index (χ1v) is 11.1. The number of nitrogens with two attached hydrogens (primary N) is 1. The Labute approximate surface area is 183 Å². The highest BCUT2D eigenvalue weighted by Crippen LogP contribution is 2.35. The summed E-state index contributed by atoms with van der Waals surface area (Å²) in [7, 11) is 0. The lowest BCUT2D eigenvalue weighted by atomic mass is 9.85. The minimum Gasteiger partial charge on any atom is -0.411 e. The number of piperidine rings is 1. The molecule has 1 aromatic carbocycles. The van der Waals surface area contributed by atoms with Crippen LogP contribution in [0.4, 0.5) is 4.39 Å². The molecule has 1 fully saturated rings. The number of allylic oxidation sites excluding steroid dienone is 1. The van der Waals surface area contributed by atoms with Gasteiger partial charge in [0, 0.05) is 42.4 Å². The lowest BCUT2D eigenvalue weighted by molar-refractivity contribution is 0.208. The first kappa shape index (κ1) is 23.2. The van der Waals surface area contributed by atoms with E-state index >= 15 is 0 Å². The van der Waals surface area contributed by atoms with Gasteiger partial charge in [-0.15, -0.1) is 0 Å². The van der Waals surface area contributed by atoms with Gasteiger partial charge in [0.2, 0.25) is 0 Å². The van der Waals surface area contributed by atoms with E-state index < -0.39 is 0 Å². The van der Waals surface area contributed by atoms with Crippen molar-refractivity contribution in [1.29, 1.82) is 0 Å². The monoisotopic (exact) mass is 428 g/mol. The molecule has 0 amide bonds. The fourth-order valence-electron chi connectivity index (χ4n) is 4.49. The molecule has 2 heterocycles. The van der Waals surface area contributed by atoms with E-state index in [2.05, 4.69) is 16.5 Å². The summed E-state index contributed by atoms with van der Waals surface area (Å²) in [5, 5.41) is 0. The van der Waals surface area contributed by atoms with Crippen LogP contribution in [0.1, 0.15) is 49.3 Å².